The van der Waals surface area contributed by atoms with E-state index in [0.29, 0.717) is 25.1 Å². The van der Waals surface area contributed by atoms with Crippen molar-refractivity contribution in [2.45, 2.75) is 72.5 Å². The number of carbonyl (C=O) groups is 2. The lowest BCUT2D eigenvalue weighted by atomic mass is 10.1. The van der Waals surface area contributed by atoms with E-state index in [-0.39, 0.29) is 30.8 Å². The quantitative estimate of drug-likeness (QED) is 0.473. The second-order valence-corrected chi connectivity index (χ2v) is 11.3. The molecule has 0 fully saturated rings. The number of sulfonamides is 1. The lowest BCUT2D eigenvalue weighted by Gasteiger charge is -2.31. The highest BCUT2D eigenvalue weighted by Gasteiger charge is 2.29. The van der Waals surface area contributed by atoms with E-state index in [9.17, 15) is 18.0 Å². The van der Waals surface area contributed by atoms with Gasteiger partial charge < -0.3 is 10.2 Å². The molecule has 8 heteroatoms. The molecule has 1 N–H and O–H groups in total. The summed E-state index contributed by atoms with van der Waals surface area (Å²) < 4.78 is 26.2. The van der Waals surface area contributed by atoms with Crippen molar-refractivity contribution in [3.05, 3.63) is 65.2 Å². The zero-order valence-corrected chi connectivity index (χ0v) is 22.6. The van der Waals surface area contributed by atoms with Gasteiger partial charge in [-0.25, -0.2) is 8.42 Å². The van der Waals surface area contributed by atoms with E-state index in [1.807, 2.05) is 71.0 Å². The molecule has 2 amide bonds. The summed E-state index contributed by atoms with van der Waals surface area (Å²) in [6.07, 6.45) is 2.12. The second kappa shape index (κ2) is 12.7. The minimum absolute atomic E-state index is 0.0368. The van der Waals surface area contributed by atoms with Crippen molar-refractivity contribution in [3.63, 3.8) is 0 Å². The van der Waals surface area contributed by atoms with Crippen LogP contribution >= 0.6 is 0 Å². The maximum Gasteiger partial charge on any atom is 0.243 e. The predicted octanol–water partition coefficient (Wildman–Crippen LogP) is 4.18. The number of rotatable bonds is 12. The molecule has 7 nitrogen and oxygen atoms in total. The molecule has 0 unspecified atom stereocenters. The summed E-state index contributed by atoms with van der Waals surface area (Å²) in [7, 11) is -3.51. The van der Waals surface area contributed by atoms with Gasteiger partial charge in [0.15, 0.2) is 0 Å². The van der Waals surface area contributed by atoms with Gasteiger partial charge in [0.05, 0.1) is 11.9 Å². The fourth-order valence-electron chi connectivity index (χ4n) is 4.02. The Kier molecular flexibility index (Phi) is 10.3. The van der Waals surface area contributed by atoms with Gasteiger partial charge in [-0.3, -0.25) is 13.9 Å². The molecule has 1 atom stereocenters. The number of hydrogen-bond donors (Lipinski definition) is 1. The first-order valence-electron chi connectivity index (χ1n) is 12.1. The Morgan fingerprint density at radius 1 is 1.00 bits per heavy atom. The van der Waals surface area contributed by atoms with Crippen molar-refractivity contribution in [3.8, 4) is 0 Å². The van der Waals surface area contributed by atoms with Gasteiger partial charge in [-0.05, 0) is 58.2 Å². The highest BCUT2D eigenvalue weighted by molar-refractivity contribution is 7.92. The fourth-order valence-corrected chi connectivity index (χ4v) is 4.99. The van der Waals surface area contributed by atoms with Crippen LogP contribution in [0.5, 0.6) is 0 Å². The third-order valence-corrected chi connectivity index (χ3v) is 6.92. The second-order valence-electron chi connectivity index (χ2n) is 9.37. The highest BCUT2D eigenvalue weighted by atomic mass is 32.2. The van der Waals surface area contributed by atoms with Crippen LogP contribution in [0, 0.1) is 13.8 Å². The molecule has 2 aromatic rings. The Labute approximate surface area is 210 Å². The number of carbonyl (C=O) groups excluding carboxylic acids is 2. The summed E-state index contributed by atoms with van der Waals surface area (Å²) in [6.45, 7) is 10.1. The fraction of sp³-hybridized carbons (Fsp3) is 0.481. The Balaban J connectivity index is 2.21. The molecule has 0 bridgehead atoms. The molecule has 2 rings (SSSR count). The molecule has 0 aromatic heterocycles. The molecule has 0 aliphatic heterocycles. The third-order valence-electron chi connectivity index (χ3n) is 5.73. The number of nitrogens with one attached hydrogen (secondary N) is 1. The van der Waals surface area contributed by atoms with Crippen LogP contribution in [0.25, 0.3) is 0 Å². The SMILES string of the molecule is CC[C@@H](C(=O)NC(C)C)N(Cc1cccc(C)c1)C(=O)CCCN(c1ccc(C)cc1)S(C)(=O)=O. The van der Waals surface area contributed by atoms with E-state index in [2.05, 4.69) is 5.32 Å². The average molecular weight is 502 g/mol. The number of hydrogen-bond acceptors (Lipinski definition) is 4. The number of nitrogens with zero attached hydrogens (tertiary/aromatic N) is 2. The van der Waals surface area contributed by atoms with Gasteiger partial charge in [0.25, 0.3) is 0 Å². The normalized spacial score (nSPS) is 12.3. The standard InChI is InChI=1S/C27H39N3O4S/c1-7-25(27(32)28-20(2)3)29(19-23-11-8-10-22(5)18-23)26(31)12-9-17-30(35(6,33)34)24-15-13-21(4)14-16-24/h8,10-11,13-16,18,20,25H,7,9,12,17,19H2,1-6H3,(H,28,32)/t25-/m0/s1. The maximum atomic E-state index is 13.4. The summed E-state index contributed by atoms with van der Waals surface area (Å²) in [5, 5.41) is 2.93. The van der Waals surface area contributed by atoms with Gasteiger partial charge >= 0.3 is 0 Å². The number of benzene rings is 2. The van der Waals surface area contributed by atoms with Crippen LogP contribution in [0.15, 0.2) is 48.5 Å². The number of amides is 2. The molecule has 0 saturated carbocycles. The van der Waals surface area contributed by atoms with E-state index in [4.69, 9.17) is 0 Å². The molecule has 0 spiro atoms. The van der Waals surface area contributed by atoms with Gasteiger partial charge in [-0.15, -0.1) is 0 Å². The lowest BCUT2D eigenvalue weighted by molar-refractivity contribution is -0.141. The summed E-state index contributed by atoms with van der Waals surface area (Å²) in [5.41, 5.74) is 3.64. The molecular weight excluding hydrogens is 462 g/mol. The van der Waals surface area contributed by atoms with Crippen molar-refractivity contribution >= 4 is 27.5 Å². The molecule has 0 radical (unpaired) electrons. The maximum absolute atomic E-state index is 13.4. The first-order chi connectivity index (χ1) is 16.4. The van der Waals surface area contributed by atoms with Crippen LogP contribution in [0.4, 0.5) is 5.69 Å². The summed E-state index contributed by atoms with van der Waals surface area (Å²) >= 11 is 0. The third kappa shape index (κ3) is 8.69. The van der Waals surface area contributed by atoms with E-state index in [1.165, 1.54) is 10.6 Å². The minimum Gasteiger partial charge on any atom is -0.352 e. The van der Waals surface area contributed by atoms with Crippen molar-refractivity contribution in [2.75, 3.05) is 17.1 Å². The highest BCUT2D eigenvalue weighted by Crippen LogP contribution is 2.20. The van der Waals surface area contributed by atoms with Crippen LogP contribution in [-0.4, -0.2) is 50.0 Å². The van der Waals surface area contributed by atoms with E-state index in [1.54, 1.807) is 17.0 Å². The summed E-state index contributed by atoms with van der Waals surface area (Å²) in [6, 6.07) is 14.5. The molecule has 192 valence electrons. The Hall–Kier alpha value is -2.87. The number of aryl methyl sites for hydroxylation is 2. The topological polar surface area (TPSA) is 86.8 Å². The zero-order valence-electron chi connectivity index (χ0n) is 21.7. The van der Waals surface area contributed by atoms with Crippen molar-refractivity contribution in [1.82, 2.24) is 10.2 Å². The van der Waals surface area contributed by atoms with Crippen LogP contribution in [0.3, 0.4) is 0 Å². The largest absolute Gasteiger partial charge is 0.352 e. The van der Waals surface area contributed by atoms with E-state index >= 15 is 0 Å². The van der Waals surface area contributed by atoms with E-state index in [0.717, 1.165) is 16.7 Å². The van der Waals surface area contributed by atoms with Gasteiger partial charge in [-0.1, -0.05) is 54.4 Å². The van der Waals surface area contributed by atoms with E-state index < -0.39 is 16.1 Å². The predicted molar refractivity (Wildman–Crippen MR) is 142 cm³/mol. The van der Waals surface area contributed by atoms with Gasteiger partial charge in [-0.2, -0.15) is 0 Å². The molecule has 0 aliphatic carbocycles. The first kappa shape index (κ1) is 28.4. The average Bonchev–Trinajstić information content (AvgIpc) is 2.76. The van der Waals surface area contributed by atoms with Gasteiger partial charge in [0.1, 0.15) is 6.04 Å². The molecular formula is C27H39N3O4S. The van der Waals surface area contributed by atoms with Crippen molar-refractivity contribution in [2.24, 2.45) is 0 Å². The van der Waals surface area contributed by atoms with Gasteiger partial charge in [0, 0.05) is 25.6 Å². The van der Waals surface area contributed by atoms with Gasteiger partial charge in [0.2, 0.25) is 21.8 Å². The Morgan fingerprint density at radius 3 is 2.20 bits per heavy atom. The van der Waals surface area contributed by atoms with Crippen LogP contribution in [0.1, 0.15) is 56.7 Å². The van der Waals surface area contributed by atoms with Crippen molar-refractivity contribution in [1.29, 1.82) is 0 Å². The first-order valence-corrected chi connectivity index (χ1v) is 14.0. The summed E-state index contributed by atoms with van der Waals surface area (Å²) in [4.78, 5) is 28.0. The van der Waals surface area contributed by atoms with Crippen LogP contribution in [-0.2, 0) is 26.2 Å². The minimum atomic E-state index is -3.51. The molecule has 35 heavy (non-hydrogen) atoms. The molecule has 0 heterocycles. The molecule has 2 aromatic carbocycles. The Bertz CT molecular complexity index is 1100. The Morgan fingerprint density at radius 2 is 1.66 bits per heavy atom. The molecule has 0 aliphatic rings. The lowest BCUT2D eigenvalue weighted by Crippen LogP contribution is -2.50. The monoisotopic (exact) mass is 501 g/mol. The molecule has 0 saturated heterocycles. The van der Waals surface area contributed by atoms with Crippen LogP contribution < -0.4 is 9.62 Å². The number of anilines is 1. The zero-order chi connectivity index (χ0) is 26.2. The summed E-state index contributed by atoms with van der Waals surface area (Å²) in [5.74, 6) is -0.351. The van der Waals surface area contributed by atoms with Crippen LogP contribution in [0.2, 0.25) is 0 Å². The smallest absolute Gasteiger partial charge is 0.243 e. The van der Waals surface area contributed by atoms with Crippen molar-refractivity contribution < 1.29 is 18.0 Å².